The number of carbonyl (C=O) groups is 3. The van der Waals surface area contributed by atoms with Crippen molar-refractivity contribution in [2.24, 2.45) is 22.9 Å². The lowest BCUT2D eigenvalue weighted by atomic mass is 9.73. The number of aromatic amines is 1. The molecule has 3 fully saturated rings. The van der Waals surface area contributed by atoms with Crippen LogP contribution in [0.5, 0.6) is 28.7 Å². The second-order valence-electron chi connectivity index (χ2n) is 17.9. The molecule has 2 saturated carbocycles. The summed E-state index contributed by atoms with van der Waals surface area (Å²) < 4.78 is 29.2. The summed E-state index contributed by atoms with van der Waals surface area (Å²) in [5.74, 6) is 2.42. The first-order chi connectivity index (χ1) is 31.7. The molecule has 0 bridgehead atoms. The Labute approximate surface area is 377 Å². The highest BCUT2D eigenvalue weighted by Gasteiger charge is 2.45. The van der Waals surface area contributed by atoms with Crippen molar-refractivity contribution in [3.63, 3.8) is 0 Å². The first kappa shape index (κ1) is 42.3. The number of fused-ring (bicyclic) bond motifs is 3. The van der Waals surface area contributed by atoms with Crippen LogP contribution >= 0.6 is 0 Å². The van der Waals surface area contributed by atoms with Gasteiger partial charge in [-0.05, 0) is 87.3 Å². The van der Waals surface area contributed by atoms with Crippen LogP contribution in [0.2, 0.25) is 0 Å². The summed E-state index contributed by atoms with van der Waals surface area (Å²) in [5, 5.41) is 10.0. The molecule has 15 heteroatoms. The number of ether oxygens (including phenoxy) is 5. The van der Waals surface area contributed by atoms with Gasteiger partial charge in [0.2, 0.25) is 18.6 Å². The van der Waals surface area contributed by atoms with Gasteiger partial charge >= 0.3 is 0 Å². The van der Waals surface area contributed by atoms with Crippen molar-refractivity contribution in [1.82, 2.24) is 30.2 Å². The van der Waals surface area contributed by atoms with Gasteiger partial charge in [-0.1, -0.05) is 50.1 Å². The molecule has 3 aliphatic heterocycles. The van der Waals surface area contributed by atoms with Crippen LogP contribution in [0.4, 0.5) is 0 Å². The third kappa shape index (κ3) is 7.99. The number of amides is 3. The highest BCUT2D eigenvalue weighted by Crippen LogP contribution is 2.49. The van der Waals surface area contributed by atoms with Crippen molar-refractivity contribution in [3.8, 4) is 40.0 Å². The lowest BCUT2D eigenvalue weighted by molar-refractivity contribution is -0.143. The van der Waals surface area contributed by atoms with E-state index in [1.54, 1.807) is 19.2 Å². The number of piperidine rings is 1. The van der Waals surface area contributed by atoms with Crippen molar-refractivity contribution < 1.29 is 38.1 Å². The van der Waals surface area contributed by atoms with E-state index in [-0.39, 0.29) is 42.4 Å². The highest BCUT2D eigenvalue weighted by molar-refractivity contribution is 6.11. The molecular weight excluding hydrogens is 827 g/mol. The van der Waals surface area contributed by atoms with Gasteiger partial charge in [0.1, 0.15) is 29.3 Å². The van der Waals surface area contributed by atoms with Gasteiger partial charge in [0.15, 0.2) is 23.0 Å². The largest absolute Gasteiger partial charge is 0.493 e. The lowest BCUT2D eigenvalue weighted by Gasteiger charge is -2.44. The predicted molar refractivity (Wildman–Crippen MR) is 242 cm³/mol. The second kappa shape index (κ2) is 17.7. The number of carbonyl (C=O) groups excluding carboxylic acids is 3. The number of likely N-dealkylation sites (tertiary alicyclic amines) is 1. The van der Waals surface area contributed by atoms with E-state index in [0.717, 1.165) is 55.4 Å². The summed E-state index contributed by atoms with van der Waals surface area (Å²) >= 11 is 0. The van der Waals surface area contributed by atoms with E-state index in [0.29, 0.717) is 101 Å². The Balaban J connectivity index is 0.915. The number of hydrogen-bond donors (Lipinski definition) is 2. The van der Waals surface area contributed by atoms with E-state index >= 15 is 0 Å². The fourth-order valence-corrected chi connectivity index (χ4v) is 10.2. The maximum absolute atomic E-state index is 14.9. The summed E-state index contributed by atoms with van der Waals surface area (Å²) in [6.07, 6.45) is 8.56. The van der Waals surface area contributed by atoms with E-state index < -0.39 is 11.9 Å². The summed E-state index contributed by atoms with van der Waals surface area (Å²) in [5.41, 5.74) is 5.72. The zero-order valence-corrected chi connectivity index (χ0v) is 37.3. The second-order valence-corrected chi connectivity index (χ2v) is 17.9. The number of H-pyrrole nitrogens is 1. The molecule has 5 aromatic rings. The molecule has 1 saturated heterocycles. The zero-order valence-electron chi connectivity index (χ0n) is 37.3. The molecule has 338 valence electrons. The summed E-state index contributed by atoms with van der Waals surface area (Å²) in [4.78, 5) is 58.3. The topological polar surface area (TPSA) is 170 Å². The van der Waals surface area contributed by atoms with Crippen molar-refractivity contribution in [1.29, 1.82) is 0 Å². The highest BCUT2D eigenvalue weighted by atomic mass is 16.7. The number of benzene rings is 3. The molecule has 10 rings (SSSR count). The molecule has 0 unspecified atom stereocenters. The van der Waals surface area contributed by atoms with E-state index in [1.807, 2.05) is 79.4 Å². The Morgan fingerprint density at radius 2 is 1.65 bits per heavy atom. The molecule has 65 heavy (non-hydrogen) atoms. The molecule has 2 N–H and O–H groups in total. The molecule has 5 aliphatic rings. The number of nitrogens with zero attached hydrogens (tertiary/aromatic N) is 5. The van der Waals surface area contributed by atoms with Gasteiger partial charge in [-0.25, -0.2) is 15.0 Å². The van der Waals surface area contributed by atoms with Crippen LogP contribution < -0.4 is 29.0 Å². The zero-order chi connectivity index (χ0) is 44.8. The average molecular weight is 882 g/mol. The van der Waals surface area contributed by atoms with Crippen molar-refractivity contribution in [2.45, 2.75) is 83.2 Å². The number of rotatable bonds is 13. The molecule has 15 nitrogen and oxygen atoms in total. The summed E-state index contributed by atoms with van der Waals surface area (Å²) in [6, 6.07) is 18.2. The number of methoxy groups -OCH3 is 2. The van der Waals surface area contributed by atoms with Crippen molar-refractivity contribution in [2.75, 3.05) is 40.7 Å². The minimum absolute atomic E-state index is 0.0287. The van der Waals surface area contributed by atoms with Crippen LogP contribution in [-0.2, 0) is 9.59 Å². The van der Waals surface area contributed by atoms with Crippen LogP contribution in [-0.4, -0.2) is 101 Å². The van der Waals surface area contributed by atoms with E-state index in [2.05, 4.69) is 15.3 Å². The first-order valence-electron chi connectivity index (χ1n) is 22.9. The van der Waals surface area contributed by atoms with Gasteiger partial charge < -0.3 is 38.9 Å². The van der Waals surface area contributed by atoms with E-state index in [4.69, 9.17) is 33.8 Å². The summed E-state index contributed by atoms with van der Waals surface area (Å²) in [7, 11) is 3.23. The standard InChI is InChI=1S/C50H55N7O8/c1-28(31-10-6-5-7-11-31)42(54-48(58)40-29(2)53-46-44(40)51-26-52-45(46)41-37(63-25-30-14-15-30)18-19-38-47(41)65-27-64-38)50(60)56-22-20-33(21-23-56)57-49(59)35-13-9-8-12-34(35)43(55-57)32-16-17-36(61-3)39(24-32)62-4/h5-7,10-11,16-19,24,26,28,30,33-35,42,53H,8-9,12-15,20-23,25,27H2,1-4H3,(H,54,58)/t28-,34+,35-,42-/m1/s1. The number of aromatic nitrogens is 3. The molecule has 5 heterocycles. The number of hydrazone groups is 1. The van der Waals surface area contributed by atoms with E-state index in [1.165, 1.54) is 6.33 Å². The van der Waals surface area contributed by atoms with Crippen molar-refractivity contribution >= 4 is 34.5 Å². The third-order valence-corrected chi connectivity index (χ3v) is 14.0. The average Bonchev–Trinajstić information content (AvgIpc) is 3.94. The molecule has 0 radical (unpaired) electrons. The molecule has 2 aromatic heterocycles. The minimum Gasteiger partial charge on any atom is -0.493 e. The van der Waals surface area contributed by atoms with Crippen LogP contribution in [0, 0.1) is 24.7 Å². The number of hydrogen-bond acceptors (Lipinski definition) is 11. The van der Waals surface area contributed by atoms with E-state index in [9.17, 15) is 14.4 Å². The maximum Gasteiger partial charge on any atom is 0.255 e. The Morgan fingerprint density at radius 1 is 0.892 bits per heavy atom. The number of nitrogens with one attached hydrogen (secondary N) is 2. The Hall–Kier alpha value is -6.64. The van der Waals surface area contributed by atoms with Gasteiger partial charge in [0, 0.05) is 42.1 Å². The van der Waals surface area contributed by atoms with Crippen LogP contribution in [0.15, 0.2) is 72.1 Å². The van der Waals surface area contributed by atoms with Crippen LogP contribution in [0.1, 0.15) is 91.4 Å². The van der Waals surface area contributed by atoms with Crippen molar-refractivity contribution in [3.05, 3.63) is 89.4 Å². The molecule has 3 aromatic carbocycles. The normalized spacial score (nSPS) is 20.5. The maximum atomic E-state index is 14.9. The Morgan fingerprint density at radius 3 is 2.40 bits per heavy atom. The minimum atomic E-state index is -0.910. The predicted octanol–water partition coefficient (Wildman–Crippen LogP) is 7.41. The Kier molecular flexibility index (Phi) is 11.5. The third-order valence-electron chi connectivity index (χ3n) is 14.0. The monoisotopic (exact) mass is 881 g/mol. The Bertz CT molecular complexity index is 2650. The fourth-order valence-electron chi connectivity index (χ4n) is 10.2. The first-order valence-corrected chi connectivity index (χ1v) is 22.9. The molecule has 0 spiro atoms. The van der Waals surface area contributed by atoms with Crippen LogP contribution in [0.25, 0.3) is 22.3 Å². The molecule has 3 amide bonds. The SMILES string of the molecule is COc1ccc(C2=NN(C3CCN(C(=O)[C@H](NC(=O)c4c(C)[nH]c5c(-c6c(OCC7CC7)ccc7c6OCO7)ncnc45)[C@H](C)c4ccccc4)CC3)C(=O)[C@@H]3CCCC[C@H]23)cc1OC. The number of aryl methyl sites for hydroxylation is 1. The van der Waals surface area contributed by atoms with Gasteiger partial charge in [-0.2, -0.15) is 5.10 Å². The molecular formula is C50H55N7O8. The molecule has 2 aliphatic carbocycles. The summed E-state index contributed by atoms with van der Waals surface area (Å²) in [6.45, 7) is 5.23. The van der Waals surface area contributed by atoms with Crippen LogP contribution in [0.3, 0.4) is 0 Å². The molecule has 4 atom stereocenters. The van der Waals surface area contributed by atoms with Gasteiger partial charge in [0.05, 0.1) is 49.2 Å². The lowest BCUT2D eigenvalue weighted by Crippen LogP contribution is -2.56. The van der Waals surface area contributed by atoms with Gasteiger partial charge in [-0.3, -0.25) is 14.4 Å². The quantitative estimate of drug-likeness (QED) is 0.121. The fraction of sp³-hybridized carbons (Fsp3) is 0.440. The smallest absolute Gasteiger partial charge is 0.255 e. The van der Waals surface area contributed by atoms with Gasteiger partial charge in [0.25, 0.3) is 5.91 Å². The van der Waals surface area contributed by atoms with Gasteiger partial charge in [-0.15, -0.1) is 0 Å².